The zero-order valence-corrected chi connectivity index (χ0v) is 11.0. The molecule has 0 aromatic carbocycles. The Hall–Kier alpha value is -1.36. The number of anilines is 1. The zero-order chi connectivity index (χ0) is 12.7. The van der Waals surface area contributed by atoms with Gasteiger partial charge in [0.1, 0.15) is 0 Å². The van der Waals surface area contributed by atoms with E-state index in [0.717, 1.165) is 0 Å². The molecule has 5 nitrogen and oxygen atoms in total. The Bertz CT molecular complexity index is 342. The summed E-state index contributed by atoms with van der Waals surface area (Å²) >= 11 is 0. The average molecular weight is 239 g/mol. The van der Waals surface area contributed by atoms with E-state index in [1.165, 1.54) is 0 Å². The summed E-state index contributed by atoms with van der Waals surface area (Å²) < 4.78 is 10.9. The van der Waals surface area contributed by atoms with Gasteiger partial charge < -0.3 is 14.8 Å². The molecule has 0 amide bonds. The lowest BCUT2D eigenvalue weighted by Crippen LogP contribution is -2.33. The van der Waals surface area contributed by atoms with Gasteiger partial charge in [0.2, 0.25) is 11.8 Å². The molecular formula is C12H21N3O2. The van der Waals surface area contributed by atoms with Gasteiger partial charge in [-0.25, -0.2) is 4.98 Å². The van der Waals surface area contributed by atoms with Crippen molar-refractivity contribution in [2.24, 2.45) is 0 Å². The van der Waals surface area contributed by atoms with Crippen LogP contribution in [0, 0.1) is 0 Å². The van der Waals surface area contributed by atoms with E-state index in [1.807, 2.05) is 27.7 Å². The molecule has 0 saturated carbocycles. The van der Waals surface area contributed by atoms with Crippen LogP contribution in [0.1, 0.15) is 27.7 Å². The largest absolute Gasteiger partial charge is 0.478 e. The quantitative estimate of drug-likeness (QED) is 0.789. The van der Waals surface area contributed by atoms with Crippen molar-refractivity contribution in [2.75, 3.05) is 25.1 Å². The maximum atomic E-state index is 5.58. The monoisotopic (exact) mass is 239 g/mol. The minimum Gasteiger partial charge on any atom is -0.478 e. The molecule has 0 spiro atoms. The van der Waals surface area contributed by atoms with Gasteiger partial charge >= 0.3 is 0 Å². The summed E-state index contributed by atoms with van der Waals surface area (Å²) in [6.45, 7) is 9.89. The number of ether oxygens (including phenoxy) is 2. The fourth-order valence-corrected chi connectivity index (χ4v) is 1.39. The van der Waals surface area contributed by atoms with E-state index in [-0.39, 0.29) is 5.60 Å². The molecule has 0 radical (unpaired) electrons. The van der Waals surface area contributed by atoms with E-state index in [1.54, 1.807) is 12.3 Å². The fourth-order valence-electron chi connectivity index (χ4n) is 1.39. The molecule has 0 unspecified atom stereocenters. The second-order valence-electron chi connectivity index (χ2n) is 4.20. The SMILES string of the molecule is CCOc1ccnc(NCC(C)(C)OCC)n1. The first-order valence-corrected chi connectivity index (χ1v) is 5.91. The van der Waals surface area contributed by atoms with Crippen LogP contribution >= 0.6 is 0 Å². The van der Waals surface area contributed by atoms with Crippen molar-refractivity contribution in [3.05, 3.63) is 12.3 Å². The number of hydrogen-bond acceptors (Lipinski definition) is 5. The van der Waals surface area contributed by atoms with Gasteiger partial charge in [0.25, 0.3) is 0 Å². The highest BCUT2D eigenvalue weighted by molar-refractivity contribution is 5.27. The lowest BCUT2D eigenvalue weighted by molar-refractivity contribution is 0.000571. The van der Waals surface area contributed by atoms with Crippen LogP contribution in [0.5, 0.6) is 5.88 Å². The van der Waals surface area contributed by atoms with Crippen LogP contribution in [0.3, 0.4) is 0 Å². The molecule has 1 rings (SSSR count). The van der Waals surface area contributed by atoms with Crippen LogP contribution in [0.4, 0.5) is 5.95 Å². The Morgan fingerprint density at radius 3 is 2.71 bits per heavy atom. The van der Waals surface area contributed by atoms with E-state index >= 15 is 0 Å². The van der Waals surface area contributed by atoms with Crippen LogP contribution < -0.4 is 10.1 Å². The number of hydrogen-bond donors (Lipinski definition) is 1. The first-order chi connectivity index (χ1) is 8.07. The van der Waals surface area contributed by atoms with Crippen LogP contribution in [0.15, 0.2) is 12.3 Å². The van der Waals surface area contributed by atoms with Crippen LogP contribution in [-0.4, -0.2) is 35.3 Å². The van der Waals surface area contributed by atoms with E-state index in [4.69, 9.17) is 9.47 Å². The number of nitrogens with zero attached hydrogens (tertiary/aromatic N) is 2. The molecule has 1 N–H and O–H groups in total. The summed E-state index contributed by atoms with van der Waals surface area (Å²) in [5.41, 5.74) is -0.236. The van der Waals surface area contributed by atoms with Gasteiger partial charge in [-0.1, -0.05) is 0 Å². The highest BCUT2D eigenvalue weighted by atomic mass is 16.5. The van der Waals surface area contributed by atoms with Crippen LogP contribution in [0.2, 0.25) is 0 Å². The second-order valence-corrected chi connectivity index (χ2v) is 4.20. The van der Waals surface area contributed by atoms with Gasteiger partial charge in [0.15, 0.2) is 0 Å². The Labute approximate surface area is 103 Å². The summed E-state index contributed by atoms with van der Waals surface area (Å²) in [7, 11) is 0. The summed E-state index contributed by atoms with van der Waals surface area (Å²) in [5, 5.41) is 3.14. The molecule has 17 heavy (non-hydrogen) atoms. The number of nitrogens with one attached hydrogen (secondary N) is 1. The average Bonchev–Trinajstić information content (AvgIpc) is 2.28. The molecule has 1 aromatic rings. The Morgan fingerprint density at radius 1 is 1.29 bits per heavy atom. The Morgan fingerprint density at radius 2 is 2.06 bits per heavy atom. The molecule has 1 aromatic heterocycles. The number of aromatic nitrogens is 2. The predicted octanol–water partition coefficient (Wildman–Crippen LogP) is 2.10. The van der Waals surface area contributed by atoms with Crippen molar-refractivity contribution in [3.8, 4) is 5.88 Å². The van der Waals surface area contributed by atoms with Crippen LogP contribution in [-0.2, 0) is 4.74 Å². The highest BCUT2D eigenvalue weighted by Gasteiger charge is 2.17. The minimum absolute atomic E-state index is 0.236. The van der Waals surface area contributed by atoms with Crippen molar-refractivity contribution in [1.82, 2.24) is 9.97 Å². The summed E-state index contributed by atoms with van der Waals surface area (Å²) in [6, 6.07) is 1.74. The second kappa shape index (κ2) is 6.39. The van der Waals surface area contributed by atoms with Gasteiger partial charge in [-0.15, -0.1) is 0 Å². The molecular weight excluding hydrogens is 218 g/mol. The third kappa shape index (κ3) is 4.99. The first kappa shape index (κ1) is 13.7. The van der Waals surface area contributed by atoms with Crippen LogP contribution in [0.25, 0.3) is 0 Å². The van der Waals surface area contributed by atoms with Crippen molar-refractivity contribution in [1.29, 1.82) is 0 Å². The Kier molecular flexibility index (Phi) is 5.15. The Balaban J connectivity index is 2.53. The third-order valence-electron chi connectivity index (χ3n) is 2.13. The van der Waals surface area contributed by atoms with Crippen molar-refractivity contribution >= 4 is 5.95 Å². The number of rotatable bonds is 7. The lowest BCUT2D eigenvalue weighted by Gasteiger charge is -2.24. The third-order valence-corrected chi connectivity index (χ3v) is 2.13. The maximum absolute atomic E-state index is 5.58. The molecule has 0 fully saturated rings. The summed E-state index contributed by atoms with van der Waals surface area (Å²) in [4.78, 5) is 8.35. The smallest absolute Gasteiger partial charge is 0.226 e. The molecule has 5 heteroatoms. The molecule has 0 aliphatic carbocycles. The highest BCUT2D eigenvalue weighted by Crippen LogP contribution is 2.12. The molecule has 0 saturated heterocycles. The normalized spacial score (nSPS) is 11.3. The zero-order valence-electron chi connectivity index (χ0n) is 11.0. The van der Waals surface area contributed by atoms with E-state index < -0.39 is 0 Å². The van der Waals surface area contributed by atoms with E-state index in [0.29, 0.717) is 31.6 Å². The van der Waals surface area contributed by atoms with E-state index in [2.05, 4.69) is 15.3 Å². The van der Waals surface area contributed by atoms with Crippen molar-refractivity contribution < 1.29 is 9.47 Å². The van der Waals surface area contributed by atoms with Gasteiger partial charge in [0, 0.05) is 25.4 Å². The molecule has 0 aliphatic rings. The van der Waals surface area contributed by atoms with Gasteiger partial charge in [0.05, 0.1) is 12.2 Å². The summed E-state index contributed by atoms with van der Waals surface area (Å²) in [5.74, 6) is 1.14. The molecule has 96 valence electrons. The summed E-state index contributed by atoms with van der Waals surface area (Å²) in [6.07, 6.45) is 1.67. The van der Waals surface area contributed by atoms with Gasteiger partial charge in [-0.3, -0.25) is 0 Å². The van der Waals surface area contributed by atoms with Gasteiger partial charge in [-0.05, 0) is 27.7 Å². The minimum atomic E-state index is -0.236. The molecule has 0 bridgehead atoms. The lowest BCUT2D eigenvalue weighted by atomic mass is 10.1. The topological polar surface area (TPSA) is 56.3 Å². The maximum Gasteiger partial charge on any atom is 0.226 e. The molecule has 0 atom stereocenters. The molecule has 1 heterocycles. The standard InChI is InChI=1S/C12H21N3O2/c1-5-16-10-7-8-13-11(15-10)14-9-12(3,4)17-6-2/h7-8H,5-6,9H2,1-4H3,(H,13,14,15). The van der Waals surface area contributed by atoms with Gasteiger partial charge in [-0.2, -0.15) is 4.98 Å². The van der Waals surface area contributed by atoms with Crippen molar-refractivity contribution in [3.63, 3.8) is 0 Å². The first-order valence-electron chi connectivity index (χ1n) is 5.91. The molecule has 0 aliphatic heterocycles. The fraction of sp³-hybridized carbons (Fsp3) is 0.667. The van der Waals surface area contributed by atoms with Crippen molar-refractivity contribution in [2.45, 2.75) is 33.3 Å². The predicted molar refractivity (Wildman–Crippen MR) is 67.4 cm³/mol. The van der Waals surface area contributed by atoms with E-state index in [9.17, 15) is 0 Å².